The fourth-order valence-electron chi connectivity index (χ4n) is 1.18. The third-order valence-electron chi connectivity index (χ3n) is 1.80. The van der Waals surface area contributed by atoms with Gasteiger partial charge in [0.05, 0.1) is 5.02 Å². The van der Waals surface area contributed by atoms with Gasteiger partial charge in [0, 0.05) is 28.9 Å². The van der Waals surface area contributed by atoms with Crippen LogP contribution >= 0.6 is 11.6 Å². The normalized spacial score (nSPS) is 10.4. The number of aromatic nitrogens is 1. The van der Waals surface area contributed by atoms with E-state index in [4.69, 9.17) is 17.3 Å². The first-order valence-electron chi connectivity index (χ1n) is 3.57. The molecular weight excluding hydrogens is 172 g/mol. The Morgan fingerprint density at radius 2 is 2.00 bits per heavy atom. The molecule has 0 bridgehead atoms. The minimum Gasteiger partial charge on any atom is -0.398 e. The van der Waals surface area contributed by atoms with Gasteiger partial charge in [0.1, 0.15) is 0 Å². The van der Waals surface area contributed by atoms with Gasteiger partial charge in [0.15, 0.2) is 0 Å². The molecular formula is C9H7ClN2. The molecule has 3 heteroatoms. The summed E-state index contributed by atoms with van der Waals surface area (Å²) in [6.07, 6.45) is 3.42. The molecule has 0 spiro atoms. The Labute approximate surface area is 75.0 Å². The maximum atomic E-state index is 5.93. The first-order chi connectivity index (χ1) is 5.79. The van der Waals surface area contributed by atoms with Crippen LogP contribution in [0.1, 0.15) is 0 Å². The molecule has 60 valence electrons. The van der Waals surface area contributed by atoms with E-state index in [0.717, 1.165) is 16.5 Å². The molecule has 12 heavy (non-hydrogen) atoms. The Balaban J connectivity index is 2.95. The number of halogens is 1. The molecule has 2 rings (SSSR count). The molecule has 2 N–H and O–H groups in total. The highest BCUT2D eigenvalue weighted by molar-refractivity contribution is 6.35. The molecule has 2 aromatic rings. The molecule has 0 atom stereocenters. The van der Waals surface area contributed by atoms with Gasteiger partial charge in [-0.15, -0.1) is 0 Å². The highest BCUT2D eigenvalue weighted by atomic mass is 35.5. The molecule has 0 aliphatic carbocycles. The summed E-state index contributed by atoms with van der Waals surface area (Å²) in [6.45, 7) is 0. The lowest BCUT2D eigenvalue weighted by molar-refractivity contribution is 1.36. The Hall–Kier alpha value is -1.28. The van der Waals surface area contributed by atoms with Crippen molar-refractivity contribution >= 4 is 28.1 Å². The zero-order chi connectivity index (χ0) is 8.55. The van der Waals surface area contributed by atoms with Gasteiger partial charge >= 0.3 is 0 Å². The Bertz CT molecular complexity index is 385. The zero-order valence-electron chi connectivity index (χ0n) is 6.29. The second-order valence-corrected chi connectivity index (χ2v) is 2.97. The molecule has 0 radical (unpaired) electrons. The maximum Gasteiger partial charge on any atom is 0.0501 e. The summed E-state index contributed by atoms with van der Waals surface area (Å²) in [5.74, 6) is 0. The van der Waals surface area contributed by atoms with Crippen molar-refractivity contribution in [2.24, 2.45) is 0 Å². The van der Waals surface area contributed by atoms with E-state index in [0.29, 0.717) is 5.02 Å². The zero-order valence-corrected chi connectivity index (χ0v) is 7.05. The molecule has 0 unspecified atom stereocenters. The van der Waals surface area contributed by atoms with E-state index in [1.165, 1.54) is 0 Å². The predicted molar refractivity (Wildman–Crippen MR) is 51.2 cm³/mol. The van der Waals surface area contributed by atoms with Crippen molar-refractivity contribution in [3.05, 3.63) is 35.6 Å². The first kappa shape index (κ1) is 7.37. The Kier molecular flexibility index (Phi) is 1.62. The third-order valence-corrected chi connectivity index (χ3v) is 2.13. The minimum absolute atomic E-state index is 0.687. The highest BCUT2D eigenvalue weighted by Gasteiger charge is 2.00. The molecule has 0 amide bonds. The number of hydrogen-bond donors (Lipinski definition) is 1. The van der Waals surface area contributed by atoms with Crippen LogP contribution in [0.2, 0.25) is 5.02 Å². The molecule has 0 saturated heterocycles. The van der Waals surface area contributed by atoms with Gasteiger partial charge < -0.3 is 5.73 Å². The van der Waals surface area contributed by atoms with Gasteiger partial charge in [0.25, 0.3) is 0 Å². The molecule has 0 aliphatic rings. The number of nitrogen functional groups attached to an aromatic ring is 1. The average molecular weight is 179 g/mol. The lowest BCUT2D eigenvalue weighted by Crippen LogP contribution is -1.87. The van der Waals surface area contributed by atoms with Crippen molar-refractivity contribution in [1.29, 1.82) is 0 Å². The number of benzene rings is 1. The molecule has 0 aliphatic heterocycles. The standard InChI is InChI=1S/C9H7ClN2/c10-8-1-2-9(11)6-3-4-12-5-7(6)8/h1-5H,11H2. The highest BCUT2D eigenvalue weighted by Crippen LogP contribution is 2.26. The van der Waals surface area contributed by atoms with Gasteiger partial charge in [-0.25, -0.2) is 0 Å². The van der Waals surface area contributed by atoms with Crippen LogP contribution in [-0.2, 0) is 0 Å². The number of pyridine rings is 1. The van der Waals surface area contributed by atoms with Crippen LogP contribution in [-0.4, -0.2) is 4.98 Å². The lowest BCUT2D eigenvalue weighted by atomic mass is 10.1. The van der Waals surface area contributed by atoms with Gasteiger partial charge in [-0.3, -0.25) is 4.98 Å². The summed E-state index contributed by atoms with van der Waals surface area (Å²) in [5.41, 5.74) is 6.47. The summed E-state index contributed by atoms with van der Waals surface area (Å²) in [5, 5.41) is 2.55. The summed E-state index contributed by atoms with van der Waals surface area (Å²) >= 11 is 5.93. The predicted octanol–water partition coefficient (Wildman–Crippen LogP) is 2.47. The number of hydrogen-bond acceptors (Lipinski definition) is 2. The number of fused-ring (bicyclic) bond motifs is 1. The van der Waals surface area contributed by atoms with E-state index in [1.54, 1.807) is 24.5 Å². The van der Waals surface area contributed by atoms with Crippen LogP contribution in [0.5, 0.6) is 0 Å². The molecule has 1 heterocycles. The summed E-state index contributed by atoms with van der Waals surface area (Å²) in [4.78, 5) is 3.97. The van der Waals surface area contributed by atoms with Crippen LogP contribution in [0.25, 0.3) is 10.8 Å². The van der Waals surface area contributed by atoms with E-state index in [2.05, 4.69) is 4.98 Å². The fraction of sp³-hybridized carbons (Fsp3) is 0. The third kappa shape index (κ3) is 1.01. The SMILES string of the molecule is Nc1ccc(Cl)c2cnccc12. The van der Waals surface area contributed by atoms with Crippen molar-refractivity contribution in [3.8, 4) is 0 Å². The van der Waals surface area contributed by atoms with Gasteiger partial charge in [-0.2, -0.15) is 0 Å². The quantitative estimate of drug-likeness (QED) is 0.630. The number of anilines is 1. The van der Waals surface area contributed by atoms with Crippen LogP contribution in [0, 0.1) is 0 Å². The van der Waals surface area contributed by atoms with Gasteiger partial charge in [-0.1, -0.05) is 11.6 Å². The lowest BCUT2D eigenvalue weighted by Gasteiger charge is -2.01. The van der Waals surface area contributed by atoms with E-state index >= 15 is 0 Å². The number of rotatable bonds is 0. The second kappa shape index (κ2) is 2.64. The van der Waals surface area contributed by atoms with Gasteiger partial charge in [-0.05, 0) is 18.2 Å². The van der Waals surface area contributed by atoms with Crippen LogP contribution in [0.15, 0.2) is 30.6 Å². The van der Waals surface area contributed by atoms with Crippen LogP contribution in [0.4, 0.5) is 5.69 Å². The summed E-state index contributed by atoms with van der Waals surface area (Å²) in [7, 11) is 0. The van der Waals surface area contributed by atoms with E-state index in [-0.39, 0.29) is 0 Å². The number of nitrogens with zero attached hydrogens (tertiary/aromatic N) is 1. The van der Waals surface area contributed by atoms with Crippen molar-refractivity contribution in [3.63, 3.8) is 0 Å². The topological polar surface area (TPSA) is 38.9 Å². The van der Waals surface area contributed by atoms with Crippen molar-refractivity contribution in [1.82, 2.24) is 4.98 Å². The van der Waals surface area contributed by atoms with E-state index < -0.39 is 0 Å². The van der Waals surface area contributed by atoms with Crippen LogP contribution < -0.4 is 5.73 Å². The van der Waals surface area contributed by atoms with Gasteiger partial charge in [0.2, 0.25) is 0 Å². The van der Waals surface area contributed by atoms with Crippen molar-refractivity contribution < 1.29 is 0 Å². The molecule has 1 aromatic carbocycles. The largest absolute Gasteiger partial charge is 0.398 e. The monoisotopic (exact) mass is 178 g/mol. The molecule has 1 aromatic heterocycles. The van der Waals surface area contributed by atoms with Crippen molar-refractivity contribution in [2.75, 3.05) is 5.73 Å². The van der Waals surface area contributed by atoms with Crippen molar-refractivity contribution in [2.45, 2.75) is 0 Å². The maximum absolute atomic E-state index is 5.93. The molecule has 0 fully saturated rings. The van der Waals surface area contributed by atoms with E-state index in [9.17, 15) is 0 Å². The molecule has 0 saturated carbocycles. The number of nitrogens with two attached hydrogens (primary N) is 1. The second-order valence-electron chi connectivity index (χ2n) is 2.56. The average Bonchev–Trinajstić information content (AvgIpc) is 2.12. The van der Waals surface area contributed by atoms with Crippen LogP contribution in [0.3, 0.4) is 0 Å². The first-order valence-corrected chi connectivity index (χ1v) is 3.94. The Morgan fingerprint density at radius 3 is 2.75 bits per heavy atom. The van der Waals surface area contributed by atoms with E-state index in [1.807, 2.05) is 6.07 Å². The smallest absolute Gasteiger partial charge is 0.0501 e. The fourth-order valence-corrected chi connectivity index (χ4v) is 1.39. The summed E-state index contributed by atoms with van der Waals surface area (Å²) < 4.78 is 0. The molecule has 2 nitrogen and oxygen atoms in total. The minimum atomic E-state index is 0.687. The summed E-state index contributed by atoms with van der Waals surface area (Å²) in [6, 6.07) is 5.43. The Morgan fingerprint density at radius 1 is 1.17 bits per heavy atom.